The number of para-hydroxylation sites is 1. The molecule has 0 fully saturated rings. The lowest BCUT2D eigenvalue weighted by Gasteiger charge is -2.09. The molecule has 0 spiro atoms. The Balaban J connectivity index is 1.67. The highest BCUT2D eigenvalue weighted by Crippen LogP contribution is 2.16. The van der Waals surface area contributed by atoms with Gasteiger partial charge in [0.1, 0.15) is 30.8 Å². The summed E-state index contributed by atoms with van der Waals surface area (Å²) >= 11 is 0. The molecule has 0 amide bonds. The fourth-order valence-corrected chi connectivity index (χ4v) is 1.81. The van der Waals surface area contributed by atoms with Crippen molar-refractivity contribution in [1.82, 2.24) is 0 Å². The van der Waals surface area contributed by atoms with E-state index in [9.17, 15) is 4.79 Å². The Hall–Kier alpha value is -3.00. The summed E-state index contributed by atoms with van der Waals surface area (Å²) in [5, 5.41) is 8.92. The minimum absolute atomic E-state index is 0.135. The molecule has 5 heteroatoms. The fourth-order valence-electron chi connectivity index (χ4n) is 1.81. The molecule has 0 heterocycles. The quantitative estimate of drug-likeness (QED) is 0.581. The molecule has 0 unspecified atom stereocenters. The molecule has 0 aliphatic rings. The Kier molecular flexibility index (Phi) is 6.01. The van der Waals surface area contributed by atoms with Crippen molar-refractivity contribution in [2.24, 2.45) is 0 Å². The number of esters is 1. The van der Waals surface area contributed by atoms with Crippen LogP contribution in [0, 0.1) is 18.3 Å². The average Bonchev–Trinajstić information content (AvgIpc) is 2.58. The van der Waals surface area contributed by atoms with E-state index < -0.39 is 5.97 Å². The zero-order chi connectivity index (χ0) is 16.5. The van der Waals surface area contributed by atoms with Crippen LogP contribution < -0.4 is 9.47 Å². The van der Waals surface area contributed by atoms with Crippen LogP contribution in [0.25, 0.3) is 0 Å². The van der Waals surface area contributed by atoms with Gasteiger partial charge in [0, 0.05) is 0 Å². The lowest BCUT2D eigenvalue weighted by molar-refractivity contribution is -0.146. The summed E-state index contributed by atoms with van der Waals surface area (Å²) in [5.74, 6) is 0.582. The molecule has 0 aromatic heterocycles. The summed E-state index contributed by atoms with van der Waals surface area (Å²) in [6, 6.07) is 16.3. The summed E-state index contributed by atoms with van der Waals surface area (Å²) in [5.41, 5.74) is 1.53. The molecule has 0 saturated heterocycles. The summed E-state index contributed by atoms with van der Waals surface area (Å²) in [6.45, 7) is 2.15. The molecule has 0 N–H and O–H groups in total. The number of nitrogens with zero attached hydrogens (tertiary/aromatic N) is 1. The minimum Gasteiger partial charge on any atom is -0.490 e. The molecule has 23 heavy (non-hydrogen) atoms. The van der Waals surface area contributed by atoms with Crippen molar-refractivity contribution in [2.75, 3.05) is 19.8 Å². The number of benzene rings is 2. The first-order chi connectivity index (χ1) is 11.2. The summed E-state index contributed by atoms with van der Waals surface area (Å²) in [7, 11) is 0. The molecule has 2 rings (SSSR count). The third-order valence-corrected chi connectivity index (χ3v) is 2.99. The highest BCUT2D eigenvalue weighted by atomic mass is 16.6. The van der Waals surface area contributed by atoms with Crippen LogP contribution in [0.15, 0.2) is 48.5 Å². The van der Waals surface area contributed by atoms with Gasteiger partial charge in [0.2, 0.25) is 0 Å². The number of rotatable bonds is 7. The van der Waals surface area contributed by atoms with Crippen LogP contribution in [0.4, 0.5) is 0 Å². The van der Waals surface area contributed by atoms with Gasteiger partial charge in [-0.1, -0.05) is 29.8 Å². The summed E-state index contributed by atoms with van der Waals surface area (Å²) in [4.78, 5) is 11.6. The van der Waals surface area contributed by atoms with Crippen molar-refractivity contribution < 1.29 is 19.0 Å². The Morgan fingerprint density at radius 3 is 2.52 bits per heavy atom. The Morgan fingerprint density at radius 2 is 1.78 bits per heavy atom. The van der Waals surface area contributed by atoms with Gasteiger partial charge in [0.25, 0.3) is 0 Å². The van der Waals surface area contributed by atoms with E-state index in [4.69, 9.17) is 19.5 Å². The third-order valence-electron chi connectivity index (χ3n) is 2.99. The molecule has 0 atom stereocenters. The highest BCUT2D eigenvalue weighted by Gasteiger charge is 2.07. The zero-order valence-electron chi connectivity index (χ0n) is 12.8. The maximum absolute atomic E-state index is 11.6. The standard InChI is InChI=1S/C18H17NO4/c1-14-6-8-16(9-7-14)21-10-11-22-18(20)13-23-17-5-3-2-4-15(17)12-19/h2-9H,10-11,13H2,1H3. The van der Waals surface area contributed by atoms with Crippen LogP contribution in [0.1, 0.15) is 11.1 Å². The van der Waals surface area contributed by atoms with Crippen LogP contribution in [-0.4, -0.2) is 25.8 Å². The second-order valence-electron chi connectivity index (χ2n) is 4.78. The minimum atomic E-state index is -0.509. The van der Waals surface area contributed by atoms with Crippen LogP contribution in [0.5, 0.6) is 11.5 Å². The van der Waals surface area contributed by atoms with E-state index >= 15 is 0 Å². The fraction of sp³-hybridized carbons (Fsp3) is 0.222. The molecule has 118 valence electrons. The molecule has 0 bridgehead atoms. The second kappa shape index (κ2) is 8.44. The molecule has 5 nitrogen and oxygen atoms in total. The number of carbonyl (C=O) groups excluding carboxylic acids is 1. The predicted octanol–water partition coefficient (Wildman–Crippen LogP) is 2.87. The first kappa shape index (κ1) is 16.4. The molecule has 0 aliphatic heterocycles. The van der Waals surface area contributed by atoms with E-state index in [1.807, 2.05) is 37.3 Å². The second-order valence-corrected chi connectivity index (χ2v) is 4.78. The van der Waals surface area contributed by atoms with E-state index in [-0.39, 0.29) is 19.8 Å². The van der Waals surface area contributed by atoms with Gasteiger partial charge >= 0.3 is 5.97 Å². The number of hydrogen-bond donors (Lipinski definition) is 0. The van der Waals surface area contributed by atoms with E-state index in [1.54, 1.807) is 24.3 Å². The number of hydrogen-bond acceptors (Lipinski definition) is 5. The largest absolute Gasteiger partial charge is 0.490 e. The molecular weight excluding hydrogens is 294 g/mol. The number of ether oxygens (including phenoxy) is 3. The average molecular weight is 311 g/mol. The lowest BCUT2D eigenvalue weighted by atomic mass is 10.2. The molecular formula is C18H17NO4. The van der Waals surface area contributed by atoms with Gasteiger partial charge in [-0.3, -0.25) is 0 Å². The van der Waals surface area contributed by atoms with Crippen molar-refractivity contribution in [1.29, 1.82) is 5.26 Å². The predicted molar refractivity (Wildman–Crippen MR) is 84.3 cm³/mol. The van der Waals surface area contributed by atoms with Crippen LogP contribution in [-0.2, 0) is 9.53 Å². The molecule has 2 aromatic rings. The first-order valence-electron chi connectivity index (χ1n) is 7.16. The Morgan fingerprint density at radius 1 is 1.04 bits per heavy atom. The van der Waals surface area contributed by atoms with Gasteiger partial charge < -0.3 is 14.2 Å². The molecule has 0 saturated carbocycles. The van der Waals surface area contributed by atoms with Crippen LogP contribution in [0.3, 0.4) is 0 Å². The van der Waals surface area contributed by atoms with Gasteiger partial charge in [-0.15, -0.1) is 0 Å². The van der Waals surface area contributed by atoms with Crippen molar-refractivity contribution in [2.45, 2.75) is 6.92 Å². The zero-order valence-corrected chi connectivity index (χ0v) is 12.8. The Labute approximate surface area is 135 Å². The maximum atomic E-state index is 11.6. The summed E-state index contributed by atoms with van der Waals surface area (Å²) < 4.78 is 15.7. The van der Waals surface area contributed by atoms with Crippen molar-refractivity contribution in [3.05, 3.63) is 59.7 Å². The Bertz CT molecular complexity index is 689. The van der Waals surface area contributed by atoms with E-state index in [0.29, 0.717) is 11.3 Å². The van der Waals surface area contributed by atoms with Gasteiger partial charge in [-0.25, -0.2) is 4.79 Å². The van der Waals surface area contributed by atoms with Gasteiger partial charge in [-0.2, -0.15) is 5.26 Å². The van der Waals surface area contributed by atoms with Gasteiger partial charge in [0.05, 0.1) is 5.56 Å². The van der Waals surface area contributed by atoms with Crippen LogP contribution >= 0.6 is 0 Å². The highest BCUT2D eigenvalue weighted by molar-refractivity contribution is 5.71. The molecule has 2 aromatic carbocycles. The smallest absolute Gasteiger partial charge is 0.344 e. The monoisotopic (exact) mass is 311 g/mol. The van der Waals surface area contributed by atoms with E-state index in [1.165, 1.54) is 0 Å². The first-order valence-corrected chi connectivity index (χ1v) is 7.16. The molecule has 0 radical (unpaired) electrons. The van der Waals surface area contributed by atoms with Gasteiger partial charge in [-0.05, 0) is 31.2 Å². The lowest BCUT2D eigenvalue weighted by Crippen LogP contribution is -2.18. The van der Waals surface area contributed by atoms with Crippen LogP contribution in [0.2, 0.25) is 0 Å². The van der Waals surface area contributed by atoms with Gasteiger partial charge in [0.15, 0.2) is 6.61 Å². The molecule has 0 aliphatic carbocycles. The maximum Gasteiger partial charge on any atom is 0.344 e. The third kappa shape index (κ3) is 5.36. The number of carbonyl (C=O) groups is 1. The van der Waals surface area contributed by atoms with E-state index in [2.05, 4.69) is 0 Å². The van der Waals surface area contributed by atoms with Crippen molar-refractivity contribution in [3.63, 3.8) is 0 Å². The van der Waals surface area contributed by atoms with E-state index in [0.717, 1.165) is 11.3 Å². The SMILES string of the molecule is Cc1ccc(OCCOC(=O)COc2ccccc2C#N)cc1. The number of aryl methyl sites for hydroxylation is 1. The van der Waals surface area contributed by atoms with Crippen molar-refractivity contribution in [3.8, 4) is 17.6 Å². The topological polar surface area (TPSA) is 68.6 Å². The summed E-state index contributed by atoms with van der Waals surface area (Å²) in [6.07, 6.45) is 0. The number of nitriles is 1. The van der Waals surface area contributed by atoms with Crippen molar-refractivity contribution >= 4 is 5.97 Å². The normalized spacial score (nSPS) is 9.74.